The molecule has 28 heavy (non-hydrogen) atoms. The van der Waals surface area contributed by atoms with Gasteiger partial charge in [-0.2, -0.15) is 0 Å². The highest BCUT2D eigenvalue weighted by Gasteiger charge is 2.21. The van der Waals surface area contributed by atoms with E-state index in [9.17, 15) is 9.59 Å². The Labute approximate surface area is 165 Å². The van der Waals surface area contributed by atoms with Crippen molar-refractivity contribution in [3.8, 4) is 0 Å². The Kier molecular flexibility index (Phi) is 5.63. The minimum atomic E-state index is -0.264. The number of fused-ring (bicyclic) bond motifs is 1. The number of rotatable bonds is 6. The number of anilines is 1. The monoisotopic (exact) mass is 397 g/mol. The zero-order valence-corrected chi connectivity index (χ0v) is 15.9. The summed E-state index contributed by atoms with van der Waals surface area (Å²) >= 11 is 1.20. The van der Waals surface area contributed by atoms with E-state index in [0.717, 1.165) is 18.5 Å². The number of thioether (sulfide) groups is 1. The summed E-state index contributed by atoms with van der Waals surface area (Å²) in [6, 6.07) is 9.23. The molecule has 1 amide bonds. The first-order valence-corrected chi connectivity index (χ1v) is 10.00. The average Bonchev–Trinajstić information content (AvgIpc) is 3.23. The Morgan fingerprint density at radius 3 is 2.86 bits per heavy atom. The van der Waals surface area contributed by atoms with Crippen LogP contribution in [0, 0.1) is 0 Å². The molecule has 0 saturated carbocycles. The molecule has 144 valence electrons. The van der Waals surface area contributed by atoms with Gasteiger partial charge >= 0.3 is 0 Å². The molecule has 1 atom stereocenters. The average molecular weight is 397 g/mol. The molecule has 2 aromatic heterocycles. The second kappa shape index (κ2) is 8.49. The fraction of sp³-hybridized carbons (Fsp3) is 0.316. The van der Waals surface area contributed by atoms with Crippen LogP contribution in [-0.4, -0.2) is 43.9 Å². The Bertz CT molecular complexity index is 1030. The minimum Gasteiger partial charge on any atom is -0.376 e. The molecule has 1 aliphatic heterocycles. The summed E-state index contributed by atoms with van der Waals surface area (Å²) in [5, 5.41) is 3.27. The van der Waals surface area contributed by atoms with Gasteiger partial charge in [0.1, 0.15) is 0 Å². The van der Waals surface area contributed by atoms with Crippen LogP contribution in [0.15, 0.2) is 52.7 Å². The number of ether oxygens (including phenoxy) is 1. The highest BCUT2D eigenvalue weighted by atomic mass is 32.2. The van der Waals surface area contributed by atoms with Crippen LogP contribution in [0.4, 0.5) is 5.69 Å². The Morgan fingerprint density at radius 1 is 1.25 bits per heavy atom. The zero-order chi connectivity index (χ0) is 19.3. The Morgan fingerprint density at radius 2 is 2.07 bits per heavy atom. The number of nitrogens with zero attached hydrogens (tertiary/aromatic N) is 4. The molecule has 1 aliphatic rings. The first kappa shape index (κ1) is 18.6. The second-order valence-corrected chi connectivity index (χ2v) is 7.32. The Balaban J connectivity index is 1.57. The predicted octanol–water partition coefficient (Wildman–Crippen LogP) is 2.10. The molecule has 0 spiro atoms. The quantitative estimate of drug-likeness (QED) is 0.502. The van der Waals surface area contributed by atoms with Crippen molar-refractivity contribution in [3.63, 3.8) is 0 Å². The van der Waals surface area contributed by atoms with E-state index in [1.807, 2.05) is 30.3 Å². The maximum atomic E-state index is 12.9. The number of aromatic nitrogens is 4. The highest BCUT2D eigenvalue weighted by Crippen LogP contribution is 2.20. The molecule has 3 aromatic rings. The number of carbonyl (C=O) groups excluding carboxylic acids is 1. The largest absolute Gasteiger partial charge is 0.376 e. The number of benzene rings is 1. The summed E-state index contributed by atoms with van der Waals surface area (Å²) in [6.07, 6.45) is 4.80. The van der Waals surface area contributed by atoms with E-state index in [4.69, 9.17) is 4.74 Å². The van der Waals surface area contributed by atoms with Crippen LogP contribution in [0.2, 0.25) is 0 Å². The summed E-state index contributed by atoms with van der Waals surface area (Å²) in [5.74, 6) is -0.0492. The molecular formula is C19H19N5O3S. The summed E-state index contributed by atoms with van der Waals surface area (Å²) in [5.41, 5.74) is 0.961. The summed E-state index contributed by atoms with van der Waals surface area (Å²) in [4.78, 5) is 37.9. The van der Waals surface area contributed by atoms with E-state index >= 15 is 0 Å². The molecule has 0 bridgehead atoms. The first-order valence-electron chi connectivity index (χ1n) is 9.01. The van der Waals surface area contributed by atoms with Crippen molar-refractivity contribution in [1.82, 2.24) is 19.5 Å². The van der Waals surface area contributed by atoms with E-state index in [-0.39, 0.29) is 34.5 Å². The van der Waals surface area contributed by atoms with Crippen LogP contribution in [0.25, 0.3) is 11.2 Å². The van der Waals surface area contributed by atoms with Gasteiger partial charge in [-0.3, -0.25) is 14.2 Å². The van der Waals surface area contributed by atoms with Crippen molar-refractivity contribution in [1.29, 1.82) is 0 Å². The van der Waals surface area contributed by atoms with Gasteiger partial charge in [-0.25, -0.2) is 15.0 Å². The molecule has 1 N–H and O–H groups in total. The van der Waals surface area contributed by atoms with Crippen LogP contribution in [-0.2, 0) is 16.1 Å². The molecule has 9 heteroatoms. The van der Waals surface area contributed by atoms with Crippen LogP contribution >= 0.6 is 11.8 Å². The van der Waals surface area contributed by atoms with Crippen LogP contribution in [0.5, 0.6) is 0 Å². The molecule has 0 unspecified atom stereocenters. The lowest BCUT2D eigenvalue weighted by Gasteiger charge is -2.15. The lowest BCUT2D eigenvalue weighted by atomic mass is 10.2. The maximum Gasteiger partial charge on any atom is 0.282 e. The molecule has 8 nitrogen and oxygen atoms in total. The number of para-hydroxylation sites is 1. The number of nitrogens with one attached hydrogen (secondary N) is 1. The van der Waals surface area contributed by atoms with Crippen LogP contribution < -0.4 is 10.9 Å². The van der Waals surface area contributed by atoms with Crippen molar-refractivity contribution in [3.05, 3.63) is 53.1 Å². The number of hydrogen-bond acceptors (Lipinski definition) is 7. The molecule has 0 radical (unpaired) electrons. The van der Waals surface area contributed by atoms with Gasteiger partial charge in [0.05, 0.1) is 18.4 Å². The topological polar surface area (TPSA) is 99.0 Å². The molecular weight excluding hydrogens is 378 g/mol. The lowest BCUT2D eigenvalue weighted by Crippen LogP contribution is -2.30. The highest BCUT2D eigenvalue weighted by molar-refractivity contribution is 7.99. The van der Waals surface area contributed by atoms with Crippen molar-refractivity contribution in [2.45, 2.75) is 30.6 Å². The Hall–Kier alpha value is -2.78. The third-order valence-electron chi connectivity index (χ3n) is 4.36. The van der Waals surface area contributed by atoms with E-state index < -0.39 is 0 Å². The standard InChI is InChI=1S/C19H19N5O3S/c25-15(22-13-5-2-1-3-6-13)12-28-19-23-17-16(20-8-9-21-17)18(26)24(19)11-14-7-4-10-27-14/h1-3,5-6,8-9,14H,4,7,10-12H2,(H,22,25)/t14-/m0/s1. The minimum absolute atomic E-state index is 0.0360. The third kappa shape index (κ3) is 4.20. The number of hydrogen-bond donors (Lipinski definition) is 1. The van der Waals surface area contributed by atoms with Gasteiger partial charge in [0.15, 0.2) is 16.3 Å². The van der Waals surface area contributed by atoms with Gasteiger partial charge in [0.2, 0.25) is 5.91 Å². The molecule has 0 aliphatic carbocycles. The first-order chi connectivity index (χ1) is 13.7. The van der Waals surface area contributed by atoms with Crippen LogP contribution in [0.3, 0.4) is 0 Å². The van der Waals surface area contributed by atoms with E-state index in [2.05, 4.69) is 20.3 Å². The summed E-state index contributed by atoms with van der Waals surface area (Å²) in [7, 11) is 0. The van der Waals surface area contributed by atoms with Gasteiger partial charge in [-0.05, 0) is 25.0 Å². The summed E-state index contributed by atoms with van der Waals surface area (Å²) in [6.45, 7) is 1.09. The van der Waals surface area contributed by atoms with E-state index in [1.54, 1.807) is 4.57 Å². The predicted molar refractivity (Wildman–Crippen MR) is 106 cm³/mol. The smallest absolute Gasteiger partial charge is 0.282 e. The normalized spacial score (nSPS) is 16.4. The van der Waals surface area contributed by atoms with Gasteiger partial charge in [0.25, 0.3) is 5.56 Å². The van der Waals surface area contributed by atoms with Gasteiger partial charge in [0, 0.05) is 24.7 Å². The van der Waals surface area contributed by atoms with Crippen molar-refractivity contribution in [2.24, 2.45) is 0 Å². The van der Waals surface area contributed by atoms with Crippen molar-refractivity contribution >= 4 is 34.5 Å². The molecule has 1 saturated heterocycles. The fourth-order valence-electron chi connectivity index (χ4n) is 3.04. The van der Waals surface area contributed by atoms with Crippen LogP contribution in [0.1, 0.15) is 12.8 Å². The molecule has 4 rings (SSSR count). The van der Waals surface area contributed by atoms with Gasteiger partial charge in [-0.1, -0.05) is 30.0 Å². The fourth-order valence-corrected chi connectivity index (χ4v) is 3.84. The summed E-state index contributed by atoms with van der Waals surface area (Å²) < 4.78 is 7.22. The maximum absolute atomic E-state index is 12.9. The van der Waals surface area contributed by atoms with Gasteiger partial charge < -0.3 is 10.1 Å². The third-order valence-corrected chi connectivity index (χ3v) is 5.34. The lowest BCUT2D eigenvalue weighted by molar-refractivity contribution is -0.113. The number of amides is 1. The molecule has 1 fully saturated rings. The zero-order valence-electron chi connectivity index (χ0n) is 15.1. The van der Waals surface area contributed by atoms with Crippen molar-refractivity contribution < 1.29 is 9.53 Å². The number of carbonyl (C=O) groups is 1. The van der Waals surface area contributed by atoms with Gasteiger partial charge in [-0.15, -0.1) is 0 Å². The second-order valence-electron chi connectivity index (χ2n) is 6.38. The van der Waals surface area contributed by atoms with Crippen molar-refractivity contribution in [2.75, 3.05) is 17.7 Å². The SMILES string of the molecule is O=C(CSc1nc2nccnc2c(=O)n1C[C@@H]1CCCO1)Nc1ccccc1. The van der Waals surface area contributed by atoms with E-state index in [1.165, 1.54) is 24.2 Å². The van der Waals surface area contributed by atoms with E-state index in [0.29, 0.717) is 18.3 Å². The molecule has 3 heterocycles. The molecule has 1 aromatic carbocycles.